The van der Waals surface area contributed by atoms with E-state index in [2.05, 4.69) is 11.9 Å². The molecule has 1 rings (SSSR count). The maximum absolute atomic E-state index is 11.5. The first-order valence-corrected chi connectivity index (χ1v) is 5.46. The Labute approximate surface area is 92.7 Å². The molecule has 1 heterocycles. The van der Waals surface area contributed by atoms with Gasteiger partial charge >= 0.3 is 5.97 Å². The molecule has 0 unspecified atom stereocenters. The fraction of sp³-hybridized carbons (Fsp3) is 0.400. The number of ether oxygens (including phenoxy) is 1. The molecule has 0 saturated carbocycles. The molecular formula is C10H13NO3S. The van der Waals surface area contributed by atoms with Crippen molar-refractivity contribution in [3.05, 3.63) is 23.3 Å². The lowest BCUT2D eigenvalue weighted by atomic mass is 10.2. The van der Waals surface area contributed by atoms with Gasteiger partial charge in [-0.2, -0.15) is 0 Å². The summed E-state index contributed by atoms with van der Waals surface area (Å²) < 4.78 is 4.86. The largest absolute Gasteiger partial charge is 0.463 e. The van der Waals surface area contributed by atoms with Crippen molar-refractivity contribution in [2.24, 2.45) is 0 Å². The van der Waals surface area contributed by atoms with Crippen molar-refractivity contribution in [1.82, 2.24) is 5.32 Å². The van der Waals surface area contributed by atoms with Gasteiger partial charge in [-0.15, -0.1) is 6.58 Å². The van der Waals surface area contributed by atoms with E-state index in [1.54, 1.807) is 13.0 Å². The normalized spacial score (nSPS) is 15.4. The maximum atomic E-state index is 11.5. The van der Waals surface area contributed by atoms with Gasteiger partial charge in [0, 0.05) is 6.54 Å². The molecule has 0 aromatic heterocycles. The summed E-state index contributed by atoms with van der Waals surface area (Å²) in [6, 6.07) is 0. The Morgan fingerprint density at radius 3 is 3.07 bits per heavy atom. The lowest BCUT2D eigenvalue weighted by molar-refractivity contribution is -0.139. The van der Waals surface area contributed by atoms with Crippen LogP contribution >= 0.6 is 11.8 Å². The summed E-state index contributed by atoms with van der Waals surface area (Å²) in [6.07, 6.45) is 1.81. The van der Waals surface area contributed by atoms with E-state index in [1.807, 2.05) is 0 Å². The summed E-state index contributed by atoms with van der Waals surface area (Å²) in [7, 11) is 0. The smallest absolute Gasteiger partial charge is 0.337 e. The molecule has 82 valence electrons. The second-order valence-electron chi connectivity index (χ2n) is 2.85. The Morgan fingerprint density at radius 2 is 2.47 bits per heavy atom. The topological polar surface area (TPSA) is 55.4 Å². The van der Waals surface area contributed by atoms with Gasteiger partial charge in [0.25, 0.3) is 0 Å². The van der Waals surface area contributed by atoms with Gasteiger partial charge in [-0.1, -0.05) is 6.08 Å². The number of hydrogen-bond acceptors (Lipinski definition) is 5. The van der Waals surface area contributed by atoms with Crippen molar-refractivity contribution in [2.75, 3.05) is 13.2 Å². The molecule has 0 bridgehead atoms. The molecule has 0 atom stereocenters. The molecule has 0 spiro atoms. The maximum Gasteiger partial charge on any atom is 0.337 e. The molecule has 4 nitrogen and oxygen atoms in total. The first-order valence-electron chi connectivity index (χ1n) is 4.64. The molecule has 0 aliphatic carbocycles. The fourth-order valence-electron chi connectivity index (χ4n) is 1.13. The van der Waals surface area contributed by atoms with Gasteiger partial charge in [0.1, 0.15) is 0 Å². The highest BCUT2D eigenvalue weighted by Gasteiger charge is 2.28. The van der Waals surface area contributed by atoms with Crippen LogP contribution in [0.1, 0.15) is 13.3 Å². The minimum Gasteiger partial charge on any atom is -0.463 e. The molecule has 0 radical (unpaired) electrons. The van der Waals surface area contributed by atoms with E-state index in [9.17, 15) is 9.59 Å². The molecular weight excluding hydrogens is 214 g/mol. The predicted molar refractivity (Wildman–Crippen MR) is 59.1 cm³/mol. The number of carbonyl (C=O) groups is 2. The van der Waals surface area contributed by atoms with Crippen molar-refractivity contribution < 1.29 is 14.3 Å². The number of nitrogens with one attached hydrogen (secondary N) is 1. The summed E-state index contributed by atoms with van der Waals surface area (Å²) in [6.45, 7) is 6.13. The molecule has 5 heteroatoms. The van der Waals surface area contributed by atoms with E-state index < -0.39 is 5.97 Å². The van der Waals surface area contributed by atoms with Crippen LogP contribution in [-0.2, 0) is 14.3 Å². The summed E-state index contributed by atoms with van der Waals surface area (Å²) in [5.41, 5.74) is 0.425. The Balaban J connectivity index is 2.73. The predicted octanol–water partition coefficient (Wildman–Crippen LogP) is 1.20. The van der Waals surface area contributed by atoms with E-state index in [0.29, 0.717) is 23.8 Å². The van der Waals surface area contributed by atoms with Gasteiger partial charge in [0.2, 0.25) is 0 Å². The molecule has 1 aliphatic rings. The summed E-state index contributed by atoms with van der Waals surface area (Å²) in [4.78, 5) is 22.6. The first kappa shape index (κ1) is 11.8. The highest BCUT2D eigenvalue weighted by Crippen LogP contribution is 2.31. The van der Waals surface area contributed by atoms with Gasteiger partial charge in [-0.05, 0) is 18.7 Å². The molecule has 0 aromatic carbocycles. The van der Waals surface area contributed by atoms with Gasteiger partial charge in [0.05, 0.1) is 23.6 Å². The molecule has 1 N–H and O–H groups in total. The third kappa shape index (κ3) is 3.13. The summed E-state index contributed by atoms with van der Waals surface area (Å²) in [5.74, 6) is -0.414. The van der Waals surface area contributed by atoms with Crippen LogP contribution in [-0.4, -0.2) is 24.2 Å². The number of esters is 1. The number of rotatable bonds is 5. The van der Waals surface area contributed by atoms with E-state index in [4.69, 9.17) is 4.74 Å². The lowest BCUT2D eigenvalue weighted by Gasteiger charge is -2.06. The highest BCUT2D eigenvalue weighted by atomic mass is 32.2. The van der Waals surface area contributed by atoms with E-state index in [-0.39, 0.29) is 11.5 Å². The van der Waals surface area contributed by atoms with Crippen molar-refractivity contribution >= 4 is 22.8 Å². The number of carbonyl (C=O) groups excluding carboxylic acids is 2. The molecule has 0 fully saturated rings. The molecule has 1 aliphatic heterocycles. The Kier molecular flexibility index (Phi) is 4.42. The Hall–Kier alpha value is -1.23. The van der Waals surface area contributed by atoms with Crippen molar-refractivity contribution in [3.63, 3.8) is 0 Å². The zero-order valence-corrected chi connectivity index (χ0v) is 9.36. The van der Waals surface area contributed by atoms with Crippen LogP contribution in [0.3, 0.4) is 0 Å². The van der Waals surface area contributed by atoms with Gasteiger partial charge in [-0.3, -0.25) is 4.79 Å². The zero-order valence-electron chi connectivity index (χ0n) is 8.54. The SMILES string of the molecule is C=CCNC1=C(C(=O)OCC)CC(=O)S1. The first-order chi connectivity index (χ1) is 7.19. The summed E-state index contributed by atoms with van der Waals surface area (Å²) in [5, 5.41) is 3.51. The quantitative estimate of drug-likeness (QED) is 0.565. The minimum atomic E-state index is -0.414. The van der Waals surface area contributed by atoms with Gasteiger partial charge in [-0.25, -0.2) is 4.79 Å². The zero-order chi connectivity index (χ0) is 11.3. The van der Waals surface area contributed by atoms with Crippen LogP contribution in [0.5, 0.6) is 0 Å². The van der Waals surface area contributed by atoms with Crippen LogP contribution in [0.4, 0.5) is 0 Å². The Bertz CT molecular complexity index is 323. The number of hydrogen-bond donors (Lipinski definition) is 1. The van der Waals surface area contributed by atoms with Crippen LogP contribution in [0, 0.1) is 0 Å². The van der Waals surface area contributed by atoms with Crippen molar-refractivity contribution in [2.45, 2.75) is 13.3 Å². The van der Waals surface area contributed by atoms with E-state index in [0.717, 1.165) is 11.8 Å². The molecule has 0 amide bonds. The van der Waals surface area contributed by atoms with E-state index in [1.165, 1.54) is 0 Å². The Morgan fingerprint density at radius 1 is 1.73 bits per heavy atom. The minimum absolute atomic E-state index is 0.0374. The van der Waals surface area contributed by atoms with Crippen LogP contribution in [0.15, 0.2) is 23.3 Å². The third-order valence-electron chi connectivity index (χ3n) is 1.74. The van der Waals surface area contributed by atoms with Gasteiger partial charge < -0.3 is 10.1 Å². The van der Waals surface area contributed by atoms with Crippen molar-refractivity contribution in [3.8, 4) is 0 Å². The average Bonchev–Trinajstić information content (AvgIpc) is 2.57. The molecule has 0 aromatic rings. The molecule has 0 saturated heterocycles. The highest BCUT2D eigenvalue weighted by molar-refractivity contribution is 8.17. The monoisotopic (exact) mass is 227 g/mol. The fourth-order valence-corrected chi connectivity index (χ4v) is 2.01. The second-order valence-corrected chi connectivity index (χ2v) is 3.92. The third-order valence-corrected chi connectivity index (χ3v) is 2.71. The van der Waals surface area contributed by atoms with Crippen LogP contribution < -0.4 is 5.32 Å². The summed E-state index contributed by atoms with van der Waals surface area (Å²) >= 11 is 1.05. The van der Waals surface area contributed by atoms with Crippen LogP contribution in [0.2, 0.25) is 0 Å². The second kappa shape index (κ2) is 5.60. The standard InChI is InChI=1S/C10H13NO3S/c1-3-5-11-9-7(6-8(12)15-9)10(13)14-4-2/h3,11H,1,4-6H2,2H3. The van der Waals surface area contributed by atoms with Crippen molar-refractivity contribution in [1.29, 1.82) is 0 Å². The molecule has 15 heavy (non-hydrogen) atoms. The van der Waals surface area contributed by atoms with Gasteiger partial charge in [0.15, 0.2) is 5.12 Å². The number of thioether (sulfide) groups is 1. The van der Waals surface area contributed by atoms with Crippen LogP contribution in [0.25, 0.3) is 0 Å². The lowest BCUT2D eigenvalue weighted by Crippen LogP contribution is -2.15. The average molecular weight is 227 g/mol. The van der Waals surface area contributed by atoms with E-state index >= 15 is 0 Å².